The number of nitrogens with one attached hydrogen (secondary N) is 1. The number of hydrogen-bond acceptors (Lipinski definition) is 5. The van der Waals surface area contributed by atoms with Gasteiger partial charge in [-0.1, -0.05) is 84.1 Å². The number of anilines is 1. The smallest absolute Gasteiger partial charge is 0.411 e. The number of unbranched alkanes of at least 4 members (excludes halogenated alkanes) is 10. The molecule has 0 heterocycles. The van der Waals surface area contributed by atoms with Crippen LogP contribution in [-0.2, 0) is 9.47 Å². The number of carbonyl (C=O) groups is 2. The van der Waals surface area contributed by atoms with Crippen molar-refractivity contribution in [2.75, 3.05) is 18.5 Å². The highest BCUT2D eigenvalue weighted by Gasteiger charge is 2.17. The fourth-order valence-electron chi connectivity index (χ4n) is 3.13. The number of ether oxygens (including phenoxy) is 2. The summed E-state index contributed by atoms with van der Waals surface area (Å²) in [4.78, 5) is 24.1. The van der Waals surface area contributed by atoms with Gasteiger partial charge in [0.25, 0.3) is 0 Å². The van der Waals surface area contributed by atoms with Crippen LogP contribution < -0.4 is 5.32 Å². The van der Waals surface area contributed by atoms with Gasteiger partial charge in [0.2, 0.25) is 0 Å². The van der Waals surface area contributed by atoms with E-state index < -0.39 is 12.1 Å². The van der Waals surface area contributed by atoms with Crippen LogP contribution in [0.1, 0.15) is 101 Å². The van der Waals surface area contributed by atoms with E-state index in [9.17, 15) is 14.7 Å². The van der Waals surface area contributed by atoms with Gasteiger partial charge in [-0.3, -0.25) is 5.32 Å². The molecule has 0 bridgehead atoms. The highest BCUT2D eigenvalue weighted by Crippen LogP contribution is 2.28. The van der Waals surface area contributed by atoms with Crippen molar-refractivity contribution in [1.29, 1.82) is 0 Å². The van der Waals surface area contributed by atoms with Gasteiger partial charge in [0.05, 0.1) is 18.9 Å². The lowest BCUT2D eigenvalue weighted by molar-refractivity contribution is 0.0494. The van der Waals surface area contributed by atoms with Crippen LogP contribution in [0.3, 0.4) is 0 Å². The summed E-state index contributed by atoms with van der Waals surface area (Å²) < 4.78 is 10.4. The van der Waals surface area contributed by atoms with Gasteiger partial charge in [0.1, 0.15) is 5.56 Å². The molecule has 6 heteroatoms. The third-order valence-corrected chi connectivity index (χ3v) is 4.95. The molecule has 0 radical (unpaired) electrons. The molecule has 1 amide bonds. The second-order valence-electron chi connectivity index (χ2n) is 7.63. The van der Waals surface area contributed by atoms with Gasteiger partial charge >= 0.3 is 12.1 Å². The lowest BCUT2D eigenvalue weighted by atomic mass is 10.1. The normalized spacial score (nSPS) is 10.6. The molecule has 170 valence electrons. The van der Waals surface area contributed by atoms with E-state index in [2.05, 4.69) is 19.2 Å². The lowest BCUT2D eigenvalue weighted by Gasteiger charge is -2.11. The summed E-state index contributed by atoms with van der Waals surface area (Å²) in [6.07, 6.45) is 12.7. The van der Waals surface area contributed by atoms with Crippen molar-refractivity contribution < 1.29 is 24.2 Å². The monoisotopic (exact) mass is 421 g/mol. The highest BCUT2D eigenvalue weighted by molar-refractivity contribution is 5.97. The van der Waals surface area contributed by atoms with E-state index in [0.717, 1.165) is 44.9 Å². The van der Waals surface area contributed by atoms with Crippen molar-refractivity contribution in [3.63, 3.8) is 0 Å². The molecule has 1 aromatic rings. The summed E-state index contributed by atoms with van der Waals surface area (Å²) in [6, 6.07) is 4.58. The van der Waals surface area contributed by atoms with Crippen LogP contribution >= 0.6 is 0 Å². The Kier molecular flexibility index (Phi) is 14.2. The van der Waals surface area contributed by atoms with Crippen LogP contribution in [-0.4, -0.2) is 30.4 Å². The molecule has 30 heavy (non-hydrogen) atoms. The Morgan fingerprint density at radius 1 is 0.800 bits per heavy atom. The van der Waals surface area contributed by atoms with E-state index in [4.69, 9.17) is 9.47 Å². The summed E-state index contributed by atoms with van der Waals surface area (Å²) in [6.45, 7) is 4.97. The number of amides is 1. The summed E-state index contributed by atoms with van der Waals surface area (Å²) in [5.74, 6) is -0.903. The molecule has 0 unspecified atom stereocenters. The second-order valence-corrected chi connectivity index (χ2v) is 7.63. The highest BCUT2D eigenvalue weighted by atomic mass is 16.5. The predicted molar refractivity (Wildman–Crippen MR) is 120 cm³/mol. The Balaban J connectivity index is 2.31. The van der Waals surface area contributed by atoms with E-state index in [0.29, 0.717) is 13.2 Å². The second kappa shape index (κ2) is 16.5. The Labute approximate surface area is 181 Å². The van der Waals surface area contributed by atoms with Gasteiger partial charge in [0, 0.05) is 0 Å². The number of phenols is 1. The third kappa shape index (κ3) is 11.1. The maximum absolute atomic E-state index is 12.2. The lowest BCUT2D eigenvalue weighted by Crippen LogP contribution is -2.15. The topological polar surface area (TPSA) is 84.9 Å². The molecule has 6 nitrogen and oxygen atoms in total. The molecule has 0 aromatic heterocycles. The summed E-state index contributed by atoms with van der Waals surface area (Å²) in [5, 5.41) is 12.8. The van der Waals surface area contributed by atoms with E-state index in [1.54, 1.807) is 6.07 Å². The van der Waals surface area contributed by atoms with Crippen LogP contribution in [0.25, 0.3) is 0 Å². The standard InChI is InChI=1S/C24H39NO5/c1-3-5-7-9-10-11-12-14-19-30-24(28)25-21-17-15-16-20(22(21)26)23(27)29-18-13-8-6-4-2/h15-17,26H,3-14,18-19H2,1-2H3,(H,25,28). The van der Waals surface area contributed by atoms with E-state index in [1.165, 1.54) is 44.2 Å². The van der Waals surface area contributed by atoms with Crippen molar-refractivity contribution in [2.24, 2.45) is 0 Å². The molecule has 1 rings (SSSR count). The van der Waals surface area contributed by atoms with Gasteiger partial charge in [0.15, 0.2) is 5.75 Å². The SMILES string of the molecule is CCCCCCCCCCOC(=O)Nc1cccc(C(=O)OCCCCCC)c1O. The first-order chi connectivity index (χ1) is 14.6. The van der Waals surface area contributed by atoms with Crippen LogP contribution in [0.2, 0.25) is 0 Å². The molecule has 0 saturated heterocycles. The average Bonchev–Trinajstić information content (AvgIpc) is 2.73. The zero-order valence-electron chi connectivity index (χ0n) is 18.7. The van der Waals surface area contributed by atoms with Crippen LogP contribution in [0.15, 0.2) is 18.2 Å². The number of aromatic hydroxyl groups is 1. The van der Waals surface area contributed by atoms with Crippen LogP contribution in [0.4, 0.5) is 10.5 Å². The number of rotatable bonds is 16. The molecule has 0 aliphatic carbocycles. The number of carbonyl (C=O) groups excluding carboxylic acids is 2. The molecule has 0 atom stereocenters. The Morgan fingerprint density at radius 3 is 1.97 bits per heavy atom. The quantitative estimate of drug-likeness (QED) is 0.174. The summed E-state index contributed by atoms with van der Waals surface area (Å²) >= 11 is 0. The molecule has 1 aromatic carbocycles. The maximum Gasteiger partial charge on any atom is 0.411 e. The molecule has 0 spiro atoms. The Hall–Kier alpha value is -2.24. The van der Waals surface area contributed by atoms with Crippen molar-refractivity contribution in [3.05, 3.63) is 23.8 Å². The largest absolute Gasteiger partial charge is 0.505 e. The summed E-state index contributed by atoms with van der Waals surface area (Å²) in [7, 11) is 0. The van der Waals surface area contributed by atoms with Crippen molar-refractivity contribution in [1.82, 2.24) is 0 Å². The first-order valence-corrected chi connectivity index (χ1v) is 11.5. The van der Waals surface area contributed by atoms with Crippen LogP contribution in [0.5, 0.6) is 5.75 Å². The Morgan fingerprint density at radius 2 is 1.33 bits per heavy atom. The number of esters is 1. The van der Waals surface area contributed by atoms with Gasteiger partial charge in [-0.05, 0) is 25.0 Å². The number of phenolic OH excluding ortho intramolecular Hbond substituents is 1. The molecule has 0 aliphatic heterocycles. The number of hydrogen-bond donors (Lipinski definition) is 2. The number of benzene rings is 1. The maximum atomic E-state index is 12.2. The minimum atomic E-state index is -0.640. The van der Waals surface area contributed by atoms with Gasteiger partial charge in [-0.15, -0.1) is 0 Å². The van der Waals surface area contributed by atoms with Gasteiger partial charge in [-0.2, -0.15) is 0 Å². The van der Waals surface area contributed by atoms with Gasteiger partial charge < -0.3 is 14.6 Å². The van der Waals surface area contributed by atoms with Crippen molar-refractivity contribution in [3.8, 4) is 5.75 Å². The minimum absolute atomic E-state index is 0.0337. The predicted octanol–water partition coefficient (Wildman–Crippen LogP) is 6.82. The van der Waals surface area contributed by atoms with Crippen LogP contribution in [0, 0.1) is 0 Å². The molecule has 2 N–H and O–H groups in total. The van der Waals surface area contributed by atoms with E-state index in [1.807, 2.05) is 0 Å². The zero-order chi connectivity index (χ0) is 22.0. The summed E-state index contributed by atoms with van der Waals surface area (Å²) in [5.41, 5.74) is 0.169. The first kappa shape index (κ1) is 25.8. The molecular formula is C24H39NO5. The molecule has 0 aliphatic rings. The minimum Gasteiger partial charge on any atom is -0.505 e. The fraction of sp³-hybridized carbons (Fsp3) is 0.667. The first-order valence-electron chi connectivity index (χ1n) is 11.5. The van der Waals surface area contributed by atoms with Gasteiger partial charge in [-0.25, -0.2) is 9.59 Å². The molecule has 0 fully saturated rings. The van der Waals surface area contributed by atoms with E-state index in [-0.39, 0.29) is 17.0 Å². The molecule has 0 saturated carbocycles. The van der Waals surface area contributed by atoms with E-state index >= 15 is 0 Å². The zero-order valence-corrected chi connectivity index (χ0v) is 18.7. The van der Waals surface area contributed by atoms with Crippen molar-refractivity contribution in [2.45, 2.75) is 90.9 Å². The number of para-hydroxylation sites is 1. The molecular weight excluding hydrogens is 382 g/mol. The fourth-order valence-corrected chi connectivity index (χ4v) is 3.13. The average molecular weight is 422 g/mol. The van der Waals surface area contributed by atoms with Crippen molar-refractivity contribution >= 4 is 17.7 Å². The third-order valence-electron chi connectivity index (χ3n) is 4.95. The Bertz CT molecular complexity index is 618.